The van der Waals surface area contributed by atoms with E-state index >= 15 is 0 Å². The van der Waals surface area contributed by atoms with Crippen LogP contribution in [0.1, 0.15) is 35.6 Å². The predicted molar refractivity (Wildman–Crippen MR) is 133 cm³/mol. The highest BCUT2D eigenvalue weighted by Crippen LogP contribution is 2.31. The average molecular weight is 483 g/mol. The Morgan fingerprint density at radius 2 is 1.83 bits per heavy atom. The molecular formula is C26H34N4O5. The third kappa shape index (κ3) is 6.66. The van der Waals surface area contributed by atoms with E-state index < -0.39 is 18.1 Å². The lowest BCUT2D eigenvalue weighted by Gasteiger charge is -2.18. The maximum Gasteiger partial charge on any atom is 0.258 e. The molecule has 4 N–H and O–H groups in total. The second-order valence-electron chi connectivity index (χ2n) is 9.06. The molecule has 0 aliphatic carbocycles. The Labute approximate surface area is 205 Å². The molecule has 1 unspecified atom stereocenters. The summed E-state index contributed by atoms with van der Waals surface area (Å²) in [7, 11) is 4.08. The van der Waals surface area contributed by atoms with E-state index in [1.807, 2.05) is 46.1 Å². The topological polar surface area (TPSA) is 135 Å². The van der Waals surface area contributed by atoms with E-state index in [0.717, 1.165) is 34.4 Å². The van der Waals surface area contributed by atoms with E-state index in [1.165, 1.54) is 5.56 Å². The van der Waals surface area contributed by atoms with Crippen LogP contribution in [0.4, 0.5) is 0 Å². The number of aromatic nitrogens is 2. The third-order valence-electron chi connectivity index (χ3n) is 5.74. The van der Waals surface area contributed by atoms with Crippen molar-refractivity contribution in [3.05, 3.63) is 52.6 Å². The number of amides is 1. The van der Waals surface area contributed by atoms with Gasteiger partial charge < -0.3 is 30.1 Å². The van der Waals surface area contributed by atoms with E-state index in [2.05, 4.69) is 34.1 Å². The van der Waals surface area contributed by atoms with Gasteiger partial charge in [0.15, 0.2) is 0 Å². The number of aliphatic hydroxyl groups is 2. The summed E-state index contributed by atoms with van der Waals surface area (Å²) in [6.45, 7) is 6.75. The zero-order valence-corrected chi connectivity index (χ0v) is 20.9. The fraction of sp³-hybridized carbons (Fsp3) is 0.423. The molecule has 0 spiro atoms. The number of hydrogen-bond donors (Lipinski definition) is 3. The smallest absolute Gasteiger partial charge is 0.258 e. The fourth-order valence-corrected chi connectivity index (χ4v) is 3.87. The summed E-state index contributed by atoms with van der Waals surface area (Å²) in [5.41, 5.74) is 10.9. The summed E-state index contributed by atoms with van der Waals surface area (Å²) < 4.78 is 11.4. The van der Waals surface area contributed by atoms with Crippen molar-refractivity contribution in [3.8, 4) is 28.6 Å². The van der Waals surface area contributed by atoms with Crippen molar-refractivity contribution in [1.82, 2.24) is 15.0 Å². The third-order valence-corrected chi connectivity index (χ3v) is 5.74. The van der Waals surface area contributed by atoms with Crippen LogP contribution in [-0.2, 0) is 17.8 Å². The molecule has 0 fully saturated rings. The van der Waals surface area contributed by atoms with Crippen LogP contribution in [0.5, 0.6) is 5.75 Å². The highest BCUT2D eigenvalue weighted by molar-refractivity contribution is 5.78. The standard InChI is InChI=1S/C26H34N4O5/c1-6-17-11-20(10-16(3)23(17)34-14-21(31)12-22(32)24(27)33)25-28-26(35-29-25)18-7-8-19(13-30(4)5)15(2)9-18/h7-11,21-22,31-32H,6,12-14H2,1-5H3,(H2,27,33)/t21-,22?/m0/s1. The van der Waals surface area contributed by atoms with Crippen molar-refractivity contribution in [2.24, 2.45) is 5.73 Å². The van der Waals surface area contributed by atoms with Crippen LogP contribution in [0.2, 0.25) is 0 Å². The van der Waals surface area contributed by atoms with Gasteiger partial charge in [-0.1, -0.05) is 18.1 Å². The number of ether oxygens (including phenoxy) is 1. The van der Waals surface area contributed by atoms with Crippen LogP contribution in [0.25, 0.3) is 22.8 Å². The lowest BCUT2D eigenvalue weighted by Crippen LogP contribution is -2.33. The molecule has 1 heterocycles. The van der Waals surface area contributed by atoms with Crippen molar-refractivity contribution in [3.63, 3.8) is 0 Å². The van der Waals surface area contributed by atoms with Crippen molar-refractivity contribution in [2.45, 2.75) is 52.4 Å². The number of hydrogen-bond acceptors (Lipinski definition) is 8. The number of aryl methyl sites for hydroxylation is 3. The molecule has 0 radical (unpaired) electrons. The zero-order valence-electron chi connectivity index (χ0n) is 20.9. The first-order valence-corrected chi connectivity index (χ1v) is 11.6. The molecule has 188 valence electrons. The van der Waals surface area contributed by atoms with Crippen LogP contribution < -0.4 is 10.5 Å². The van der Waals surface area contributed by atoms with Gasteiger partial charge in [-0.25, -0.2) is 0 Å². The summed E-state index contributed by atoms with van der Waals surface area (Å²) in [5, 5.41) is 23.8. The molecule has 0 aliphatic rings. The van der Waals surface area contributed by atoms with Gasteiger partial charge in [-0.3, -0.25) is 4.79 Å². The van der Waals surface area contributed by atoms with Crippen LogP contribution in [0, 0.1) is 13.8 Å². The maximum atomic E-state index is 11.0. The van der Waals surface area contributed by atoms with Crippen LogP contribution in [0.3, 0.4) is 0 Å². The molecule has 1 aromatic heterocycles. The minimum atomic E-state index is -1.41. The zero-order chi connectivity index (χ0) is 25.7. The molecule has 0 saturated carbocycles. The molecule has 0 aliphatic heterocycles. The Balaban J connectivity index is 1.79. The summed E-state index contributed by atoms with van der Waals surface area (Å²) >= 11 is 0. The molecule has 2 aromatic carbocycles. The molecule has 9 nitrogen and oxygen atoms in total. The first-order chi connectivity index (χ1) is 16.6. The van der Waals surface area contributed by atoms with Gasteiger partial charge in [0.25, 0.3) is 5.89 Å². The molecule has 9 heteroatoms. The predicted octanol–water partition coefficient (Wildman–Crippen LogP) is 2.62. The van der Waals surface area contributed by atoms with E-state index in [-0.39, 0.29) is 13.0 Å². The van der Waals surface area contributed by atoms with E-state index in [1.54, 1.807) is 0 Å². The van der Waals surface area contributed by atoms with Crippen molar-refractivity contribution in [1.29, 1.82) is 0 Å². The second kappa shape index (κ2) is 11.4. The summed E-state index contributed by atoms with van der Waals surface area (Å²) in [6.07, 6.45) is -1.95. The molecule has 0 saturated heterocycles. The van der Waals surface area contributed by atoms with Crippen LogP contribution in [0.15, 0.2) is 34.9 Å². The fourth-order valence-electron chi connectivity index (χ4n) is 3.87. The first-order valence-electron chi connectivity index (χ1n) is 11.6. The second-order valence-corrected chi connectivity index (χ2v) is 9.06. The van der Waals surface area contributed by atoms with E-state index in [4.69, 9.17) is 15.0 Å². The Kier molecular flexibility index (Phi) is 8.61. The van der Waals surface area contributed by atoms with Crippen molar-refractivity contribution < 1.29 is 24.3 Å². The number of aliphatic hydroxyl groups excluding tert-OH is 2. The quantitative estimate of drug-likeness (QED) is 0.380. The van der Waals surface area contributed by atoms with Gasteiger partial charge in [-0.15, -0.1) is 0 Å². The monoisotopic (exact) mass is 482 g/mol. The lowest BCUT2D eigenvalue weighted by molar-refractivity contribution is -0.127. The van der Waals surface area contributed by atoms with Gasteiger partial charge in [0.1, 0.15) is 18.5 Å². The Morgan fingerprint density at radius 3 is 2.46 bits per heavy atom. The highest BCUT2D eigenvalue weighted by Gasteiger charge is 2.19. The number of nitrogens with two attached hydrogens (primary N) is 1. The normalized spacial score (nSPS) is 13.1. The van der Waals surface area contributed by atoms with Gasteiger partial charge in [0.05, 0.1) is 6.10 Å². The van der Waals surface area contributed by atoms with Gasteiger partial charge in [-0.05, 0) is 80.9 Å². The molecule has 3 aromatic rings. The molecule has 3 rings (SSSR count). The molecule has 35 heavy (non-hydrogen) atoms. The van der Waals surface area contributed by atoms with Crippen LogP contribution >= 0.6 is 0 Å². The largest absolute Gasteiger partial charge is 0.490 e. The van der Waals surface area contributed by atoms with Gasteiger partial charge in [0.2, 0.25) is 11.7 Å². The summed E-state index contributed by atoms with van der Waals surface area (Å²) in [6, 6.07) is 9.96. The number of rotatable bonds is 11. The minimum Gasteiger partial charge on any atom is -0.490 e. The maximum absolute atomic E-state index is 11.0. The Bertz CT molecular complexity index is 1170. The van der Waals surface area contributed by atoms with Crippen molar-refractivity contribution in [2.75, 3.05) is 20.7 Å². The lowest BCUT2D eigenvalue weighted by atomic mass is 10.0. The number of benzene rings is 2. The Hall–Kier alpha value is -3.27. The van der Waals surface area contributed by atoms with Gasteiger partial charge in [-0.2, -0.15) is 4.98 Å². The molecular weight excluding hydrogens is 448 g/mol. The summed E-state index contributed by atoms with van der Waals surface area (Å²) in [5.74, 6) is 0.688. The van der Waals surface area contributed by atoms with Gasteiger partial charge >= 0.3 is 0 Å². The van der Waals surface area contributed by atoms with Gasteiger partial charge in [0, 0.05) is 24.1 Å². The minimum absolute atomic E-state index is 0.0763. The number of primary amides is 1. The highest BCUT2D eigenvalue weighted by atomic mass is 16.5. The van der Waals surface area contributed by atoms with Crippen LogP contribution in [-0.4, -0.2) is 64.1 Å². The van der Waals surface area contributed by atoms with E-state index in [0.29, 0.717) is 23.9 Å². The molecule has 1 amide bonds. The SMILES string of the molecule is CCc1cc(-c2noc(-c3ccc(CN(C)C)c(C)c3)n2)cc(C)c1OC[C@@H](O)CC(O)C(N)=O. The molecule has 0 bridgehead atoms. The molecule has 2 atom stereocenters. The average Bonchev–Trinajstić information content (AvgIpc) is 3.29. The van der Waals surface area contributed by atoms with E-state index in [9.17, 15) is 15.0 Å². The summed E-state index contributed by atoms with van der Waals surface area (Å²) in [4.78, 5) is 17.7. The Morgan fingerprint density at radius 1 is 1.11 bits per heavy atom. The first kappa shape index (κ1) is 26.3. The van der Waals surface area contributed by atoms with Crippen molar-refractivity contribution >= 4 is 5.91 Å². The number of carbonyl (C=O) groups is 1. The number of carbonyl (C=O) groups excluding carboxylic acids is 1. The number of nitrogens with zero attached hydrogens (tertiary/aromatic N) is 3.